The zero-order chi connectivity index (χ0) is 22.7. The maximum Gasteiger partial charge on any atom is 0.255 e. The van der Waals surface area contributed by atoms with Crippen LogP contribution in [0.4, 0.5) is 5.69 Å². The summed E-state index contributed by atoms with van der Waals surface area (Å²) in [4.78, 5) is 32.2. The quantitative estimate of drug-likeness (QED) is 0.617. The lowest BCUT2D eigenvalue weighted by molar-refractivity contribution is -0.116. The van der Waals surface area contributed by atoms with Gasteiger partial charge in [0.05, 0.1) is 22.3 Å². The Bertz CT molecular complexity index is 1260. The number of hydrogen-bond donors (Lipinski definition) is 1. The third-order valence-electron chi connectivity index (χ3n) is 5.50. The third-order valence-corrected chi connectivity index (χ3v) is 6.28. The monoisotopic (exact) mass is 454 g/mol. The molecule has 2 aromatic carbocycles. The summed E-state index contributed by atoms with van der Waals surface area (Å²) in [7, 11) is -3.34. The molecule has 32 heavy (non-hydrogen) atoms. The number of anilines is 1. The highest BCUT2D eigenvalue weighted by Gasteiger charge is 2.22. The van der Waals surface area contributed by atoms with E-state index in [9.17, 15) is 18.0 Å². The Morgan fingerprint density at radius 1 is 1.00 bits per heavy atom. The number of rotatable bonds is 6. The second-order valence-electron chi connectivity index (χ2n) is 8.12. The summed E-state index contributed by atoms with van der Waals surface area (Å²) in [6, 6.07) is 14.2. The number of nitrogens with zero attached hydrogens (tertiary/aromatic N) is 3. The van der Waals surface area contributed by atoms with Gasteiger partial charge in [0.15, 0.2) is 9.84 Å². The standard InChI is InChI=1S/C23H26N4O4S/c1-32(30,31)16-21-24-19-11-5-6-12-20(19)27(21)15-22(28)25-18-10-4-3-9-17(18)23(29)26-13-7-2-8-14-26/h3-6,9-12H,2,7-8,13-16H2,1H3,(H,25,28). The minimum atomic E-state index is -3.34. The number of fused-ring (bicyclic) bond motifs is 1. The van der Waals surface area contributed by atoms with Gasteiger partial charge in [0.2, 0.25) is 5.91 Å². The van der Waals surface area contributed by atoms with E-state index < -0.39 is 9.84 Å². The first-order chi connectivity index (χ1) is 15.3. The summed E-state index contributed by atoms with van der Waals surface area (Å²) in [5, 5.41) is 2.84. The largest absolute Gasteiger partial charge is 0.339 e. The van der Waals surface area contributed by atoms with Crippen LogP contribution in [0.15, 0.2) is 48.5 Å². The van der Waals surface area contributed by atoms with Gasteiger partial charge in [-0.15, -0.1) is 0 Å². The Balaban J connectivity index is 1.58. The molecule has 2 heterocycles. The topological polar surface area (TPSA) is 101 Å². The van der Waals surface area contributed by atoms with Gasteiger partial charge in [0.25, 0.3) is 5.91 Å². The number of benzene rings is 2. The molecule has 168 valence electrons. The molecule has 0 spiro atoms. The Morgan fingerprint density at radius 3 is 2.44 bits per heavy atom. The number of nitrogens with one attached hydrogen (secondary N) is 1. The number of piperidine rings is 1. The predicted molar refractivity (Wildman–Crippen MR) is 123 cm³/mol. The zero-order valence-electron chi connectivity index (χ0n) is 18.0. The molecule has 0 bridgehead atoms. The van der Waals surface area contributed by atoms with E-state index in [1.807, 2.05) is 17.0 Å². The molecule has 1 saturated heterocycles. The van der Waals surface area contributed by atoms with Crippen molar-refractivity contribution >= 4 is 38.4 Å². The Hall–Kier alpha value is -3.20. The SMILES string of the molecule is CS(=O)(=O)Cc1nc2ccccc2n1CC(=O)Nc1ccccc1C(=O)N1CCCCC1. The smallest absolute Gasteiger partial charge is 0.255 e. The molecule has 3 aromatic rings. The molecule has 9 heteroatoms. The van der Waals surface area contributed by atoms with E-state index in [0.717, 1.165) is 38.6 Å². The van der Waals surface area contributed by atoms with Crippen LogP contribution in [0.3, 0.4) is 0 Å². The van der Waals surface area contributed by atoms with Gasteiger partial charge in [0.1, 0.15) is 18.1 Å². The van der Waals surface area contributed by atoms with Crippen LogP contribution in [-0.2, 0) is 26.9 Å². The second kappa shape index (κ2) is 9.12. The zero-order valence-corrected chi connectivity index (χ0v) is 18.8. The number of aromatic nitrogens is 2. The number of carbonyl (C=O) groups excluding carboxylic acids is 2. The van der Waals surface area contributed by atoms with Crippen LogP contribution in [0, 0.1) is 0 Å². The first kappa shape index (κ1) is 22.0. The number of sulfone groups is 1. The molecule has 1 N–H and O–H groups in total. The highest BCUT2D eigenvalue weighted by molar-refractivity contribution is 7.89. The molecular weight excluding hydrogens is 428 g/mol. The van der Waals surface area contributed by atoms with Gasteiger partial charge in [-0.1, -0.05) is 24.3 Å². The van der Waals surface area contributed by atoms with Gasteiger partial charge in [-0.2, -0.15) is 0 Å². The molecule has 0 unspecified atom stereocenters. The average Bonchev–Trinajstić information content (AvgIpc) is 3.09. The van der Waals surface area contributed by atoms with Crippen LogP contribution < -0.4 is 5.32 Å². The van der Waals surface area contributed by atoms with Gasteiger partial charge >= 0.3 is 0 Å². The molecule has 4 rings (SSSR count). The molecule has 0 aliphatic carbocycles. The van der Waals surface area contributed by atoms with Gasteiger partial charge in [-0.3, -0.25) is 9.59 Å². The fourth-order valence-corrected chi connectivity index (χ4v) is 4.72. The number of imidazole rings is 1. The predicted octanol–water partition coefficient (Wildman–Crippen LogP) is 2.85. The highest BCUT2D eigenvalue weighted by Crippen LogP contribution is 2.21. The van der Waals surface area contributed by atoms with Crippen molar-refractivity contribution in [2.45, 2.75) is 31.6 Å². The van der Waals surface area contributed by atoms with E-state index in [1.54, 1.807) is 41.0 Å². The highest BCUT2D eigenvalue weighted by atomic mass is 32.2. The maximum absolute atomic E-state index is 13.0. The van der Waals surface area contributed by atoms with Gasteiger partial charge in [0, 0.05) is 19.3 Å². The number of carbonyl (C=O) groups is 2. The van der Waals surface area contributed by atoms with Crippen LogP contribution in [-0.4, -0.2) is 54.0 Å². The van der Waals surface area contributed by atoms with Crippen LogP contribution in [0.5, 0.6) is 0 Å². The average molecular weight is 455 g/mol. The lowest BCUT2D eigenvalue weighted by Crippen LogP contribution is -2.36. The van der Waals surface area contributed by atoms with Crippen LogP contribution in [0.2, 0.25) is 0 Å². The van der Waals surface area contributed by atoms with Gasteiger partial charge in [-0.05, 0) is 43.5 Å². The summed E-state index contributed by atoms with van der Waals surface area (Å²) < 4.78 is 25.4. The first-order valence-electron chi connectivity index (χ1n) is 10.6. The van der Waals surface area contributed by atoms with Crippen LogP contribution in [0.1, 0.15) is 35.4 Å². The molecule has 1 fully saturated rings. The lowest BCUT2D eigenvalue weighted by atomic mass is 10.1. The molecule has 0 saturated carbocycles. The molecule has 1 aliphatic heterocycles. The van der Waals surface area contributed by atoms with E-state index in [1.165, 1.54) is 0 Å². The van der Waals surface area contributed by atoms with E-state index in [0.29, 0.717) is 28.1 Å². The van der Waals surface area contributed by atoms with Crippen molar-refractivity contribution in [1.29, 1.82) is 0 Å². The van der Waals surface area contributed by atoms with E-state index in [2.05, 4.69) is 10.3 Å². The molecule has 0 radical (unpaired) electrons. The summed E-state index contributed by atoms with van der Waals surface area (Å²) >= 11 is 0. The fraction of sp³-hybridized carbons (Fsp3) is 0.348. The number of hydrogen-bond acceptors (Lipinski definition) is 5. The molecular formula is C23H26N4O4S. The number of likely N-dealkylation sites (tertiary alicyclic amines) is 1. The molecule has 1 aliphatic rings. The maximum atomic E-state index is 13.0. The van der Waals surface area contributed by atoms with E-state index >= 15 is 0 Å². The molecule has 0 atom stereocenters. The molecule has 2 amide bonds. The van der Waals surface area contributed by atoms with Crippen molar-refractivity contribution in [1.82, 2.24) is 14.5 Å². The van der Waals surface area contributed by atoms with Crippen molar-refractivity contribution in [3.63, 3.8) is 0 Å². The molecule has 8 nitrogen and oxygen atoms in total. The number of para-hydroxylation sites is 3. The van der Waals surface area contributed by atoms with Crippen LogP contribution >= 0.6 is 0 Å². The fourth-order valence-electron chi connectivity index (χ4n) is 4.03. The van der Waals surface area contributed by atoms with Gasteiger partial charge < -0.3 is 14.8 Å². The Morgan fingerprint density at radius 2 is 1.69 bits per heavy atom. The van der Waals surface area contributed by atoms with Crippen molar-refractivity contribution in [2.75, 3.05) is 24.7 Å². The van der Waals surface area contributed by atoms with Crippen molar-refractivity contribution in [3.05, 3.63) is 59.9 Å². The van der Waals surface area contributed by atoms with Gasteiger partial charge in [-0.25, -0.2) is 13.4 Å². The Labute approximate surface area is 187 Å². The summed E-state index contributed by atoms with van der Waals surface area (Å²) in [5.74, 6) is -0.409. The Kier molecular flexibility index (Phi) is 6.27. The minimum Gasteiger partial charge on any atom is -0.339 e. The normalized spacial score (nSPS) is 14.5. The summed E-state index contributed by atoms with van der Waals surface area (Å²) in [5.41, 5.74) is 2.20. The lowest BCUT2D eigenvalue weighted by Gasteiger charge is -2.27. The van der Waals surface area contributed by atoms with E-state index in [4.69, 9.17) is 0 Å². The van der Waals surface area contributed by atoms with Crippen molar-refractivity contribution in [2.24, 2.45) is 0 Å². The second-order valence-corrected chi connectivity index (χ2v) is 10.3. The van der Waals surface area contributed by atoms with Crippen molar-refractivity contribution in [3.8, 4) is 0 Å². The van der Waals surface area contributed by atoms with Crippen LogP contribution in [0.25, 0.3) is 11.0 Å². The van der Waals surface area contributed by atoms with Crippen molar-refractivity contribution < 1.29 is 18.0 Å². The summed E-state index contributed by atoms with van der Waals surface area (Å²) in [6.07, 6.45) is 4.23. The summed E-state index contributed by atoms with van der Waals surface area (Å²) in [6.45, 7) is 1.32. The first-order valence-corrected chi connectivity index (χ1v) is 12.7. The molecule has 1 aromatic heterocycles. The third kappa shape index (κ3) is 4.99. The van der Waals surface area contributed by atoms with E-state index in [-0.39, 0.29) is 24.1 Å². The minimum absolute atomic E-state index is 0.0913. The number of amides is 2.